The molecule has 2 aromatic carbocycles. The monoisotopic (exact) mass is 360 g/mol. The van der Waals surface area contributed by atoms with E-state index in [2.05, 4.69) is 21.4 Å². The summed E-state index contributed by atoms with van der Waals surface area (Å²) in [5.41, 5.74) is 1.83. The minimum Gasteiger partial charge on any atom is -0.489 e. The van der Waals surface area contributed by atoms with Crippen molar-refractivity contribution in [3.05, 3.63) is 65.7 Å². The van der Waals surface area contributed by atoms with Gasteiger partial charge in [-0.25, -0.2) is 0 Å². The number of halogens is 2. The van der Waals surface area contributed by atoms with Crippen molar-refractivity contribution in [1.82, 2.24) is 0 Å². The average molecular weight is 361 g/mol. The fourth-order valence-electron chi connectivity index (χ4n) is 1.53. The van der Waals surface area contributed by atoms with Crippen molar-refractivity contribution >= 4 is 35.4 Å². The van der Waals surface area contributed by atoms with Crippen molar-refractivity contribution in [3.63, 3.8) is 0 Å². The van der Waals surface area contributed by atoms with Crippen molar-refractivity contribution in [1.29, 1.82) is 0 Å². The number of carbonyl (C=O) groups is 1. The second kappa shape index (κ2) is 8.78. The predicted octanol–water partition coefficient (Wildman–Crippen LogP) is 4.18. The van der Waals surface area contributed by atoms with Gasteiger partial charge in [-0.05, 0) is 36.8 Å². The van der Waals surface area contributed by atoms with Crippen LogP contribution in [0, 0.1) is 0 Å². The number of Topliss-reactive ketones (excluding diaryl/α,β-unsaturated/α-hetero) is 1. The number of hydrogen-bond donors (Lipinski definition) is 0. The number of benzene rings is 2. The second-order valence-corrected chi connectivity index (χ2v) is 7.90. The normalized spacial score (nSPS) is 10.3. The van der Waals surface area contributed by atoms with Gasteiger partial charge in [0.2, 0.25) is 0 Å². The van der Waals surface area contributed by atoms with Gasteiger partial charge in [0.25, 0.3) is 0 Å². The van der Waals surface area contributed by atoms with Crippen molar-refractivity contribution < 1.29 is 17.9 Å². The molecular formula is C15H14Cl2O4S. The van der Waals surface area contributed by atoms with E-state index in [1.54, 1.807) is 19.1 Å². The first-order chi connectivity index (χ1) is 10.3. The maximum Gasteiger partial charge on any atom is 0.317 e. The second-order valence-electron chi connectivity index (χ2n) is 4.23. The predicted molar refractivity (Wildman–Crippen MR) is 87.8 cm³/mol. The molecule has 118 valence electrons. The molecule has 4 nitrogen and oxygen atoms in total. The van der Waals surface area contributed by atoms with E-state index in [-0.39, 0.29) is 5.78 Å². The molecule has 7 heteroatoms. The Hall–Kier alpha value is -1.56. The summed E-state index contributed by atoms with van der Waals surface area (Å²) in [5, 5.41) is 0. The average Bonchev–Trinajstić information content (AvgIpc) is 2.45. The highest BCUT2D eigenvalue weighted by Gasteiger charge is 1.99. The fraction of sp³-hybridized carbons (Fsp3) is 0.133. The maximum absolute atomic E-state index is 11.1. The maximum atomic E-state index is 11.1. The van der Waals surface area contributed by atoms with Crippen LogP contribution in [0.4, 0.5) is 0 Å². The van der Waals surface area contributed by atoms with Crippen LogP contribution >= 0.6 is 21.4 Å². The number of ketones is 1. The lowest BCUT2D eigenvalue weighted by atomic mass is 10.1. The summed E-state index contributed by atoms with van der Waals surface area (Å²) in [7, 11) is 4.81. The van der Waals surface area contributed by atoms with Gasteiger partial charge in [0, 0.05) is 26.9 Å². The summed E-state index contributed by atoms with van der Waals surface area (Å²) in [4.78, 5) is 11.1. The van der Waals surface area contributed by atoms with E-state index in [1.165, 1.54) is 0 Å². The topological polar surface area (TPSA) is 60.4 Å². The Morgan fingerprint density at radius 1 is 1.00 bits per heavy atom. The Morgan fingerprint density at radius 2 is 1.50 bits per heavy atom. The molecular weight excluding hydrogens is 347 g/mol. The highest BCUT2D eigenvalue weighted by atomic mass is 36.0. The molecule has 0 heterocycles. The number of ether oxygens (including phenoxy) is 1. The van der Waals surface area contributed by atoms with Crippen molar-refractivity contribution in [3.8, 4) is 5.75 Å². The summed E-state index contributed by atoms with van der Waals surface area (Å²) >= 11 is 0. The molecule has 0 amide bonds. The van der Waals surface area contributed by atoms with Gasteiger partial charge in [-0.3, -0.25) is 4.79 Å². The van der Waals surface area contributed by atoms with E-state index in [1.807, 2.05) is 42.5 Å². The Labute approximate surface area is 138 Å². The third-order valence-corrected chi connectivity index (χ3v) is 2.51. The molecule has 0 saturated carbocycles. The van der Waals surface area contributed by atoms with Crippen LogP contribution in [0.2, 0.25) is 0 Å². The zero-order valence-corrected chi connectivity index (χ0v) is 14.0. The SMILES string of the molecule is CC(=O)c1ccc(OCc2ccccc2)cc1.O=S(=O)(Cl)Cl. The minimum atomic E-state index is -3.72. The van der Waals surface area contributed by atoms with Gasteiger partial charge in [-0.1, -0.05) is 30.3 Å². The Bertz CT molecular complexity index is 690. The van der Waals surface area contributed by atoms with Crippen LogP contribution in [-0.4, -0.2) is 14.2 Å². The van der Waals surface area contributed by atoms with Crippen LogP contribution < -0.4 is 4.74 Å². The molecule has 0 bridgehead atoms. The van der Waals surface area contributed by atoms with Crippen molar-refractivity contribution in [2.45, 2.75) is 13.5 Å². The largest absolute Gasteiger partial charge is 0.489 e. The van der Waals surface area contributed by atoms with Crippen LogP contribution in [0.5, 0.6) is 5.75 Å². The van der Waals surface area contributed by atoms with Gasteiger partial charge in [0.15, 0.2) is 5.78 Å². The highest BCUT2D eigenvalue weighted by molar-refractivity contribution is 8.31. The van der Waals surface area contributed by atoms with E-state index in [0.29, 0.717) is 12.2 Å². The van der Waals surface area contributed by atoms with Crippen LogP contribution in [0.3, 0.4) is 0 Å². The first-order valence-electron chi connectivity index (χ1n) is 6.17. The molecule has 2 rings (SSSR count). The summed E-state index contributed by atoms with van der Waals surface area (Å²) < 4.78 is 23.9. The molecule has 0 atom stereocenters. The van der Waals surface area contributed by atoms with E-state index >= 15 is 0 Å². The molecule has 0 aliphatic rings. The zero-order valence-electron chi connectivity index (χ0n) is 11.7. The summed E-state index contributed by atoms with van der Waals surface area (Å²) in [5.74, 6) is 0.846. The number of rotatable bonds is 4. The lowest BCUT2D eigenvalue weighted by Crippen LogP contribution is -1.96. The van der Waals surface area contributed by atoms with E-state index < -0.39 is 8.26 Å². The van der Waals surface area contributed by atoms with E-state index in [9.17, 15) is 4.79 Å². The molecule has 0 spiro atoms. The summed E-state index contributed by atoms with van der Waals surface area (Å²) in [6.07, 6.45) is 0. The first kappa shape index (κ1) is 18.5. The zero-order chi connectivity index (χ0) is 16.6. The van der Waals surface area contributed by atoms with Gasteiger partial charge >= 0.3 is 8.26 Å². The van der Waals surface area contributed by atoms with Crippen molar-refractivity contribution in [2.24, 2.45) is 0 Å². The first-order valence-corrected chi connectivity index (χ1v) is 9.31. The Kier molecular flexibility index (Phi) is 7.38. The third-order valence-electron chi connectivity index (χ3n) is 2.51. The van der Waals surface area contributed by atoms with Gasteiger partial charge in [0.05, 0.1) is 0 Å². The van der Waals surface area contributed by atoms with Crippen LogP contribution in [0.25, 0.3) is 0 Å². The van der Waals surface area contributed by atoms with Crippen LogP contribution in [0.1, 0.15) is 22.8 Å². The van der Waals surface area contributed by atoms with Crippen LogP contribution in [0.15, 0.2) is 54.6 Å². The minimum absolute atomic E-state index is 0.0691. The fourth-order valence-corrected chi connectivity index (χ4v) is 1.53. The molecule has 0 saturated heterocycles. The molecule has 0 aromatic heterocycles. The van der Waals surface area contributed by atoms with E-state index in [0.717, 1.165) is 11.3 Å². The molecule has 0 aliphatic carbocycles. The standard InChI is InChI=1S/C15H14O2.Cl2O2S/c1-12(16)14-7-9-15(10-8-14)17-11-13-5-3-2-4-6-13;1-5(2,3)4/h2-10H,11H2,1H3;. The molecule has 2 aromatic rings. The van der Waals surface area contributed by atoms with Gasteiger partial charge in [-0.2, -0.15) is 8.42 Å². The molecule has 0 aliphatic heterocycles. The molecule has 22 heavy (non-hydrogen) atoms. The summed E-state index contributed by atoms with van der Waals surface area (Å²) in [6, 6.07) is 17.2. The lowest BCUT2D eigenvalue weighted by Gasteiger charge is -2.06. The van der Waals surface area contributed by atoms with Crippen molar-refractivity contribution in [2.75, 3.05) is 0 Å². The highest BCUT2D eigenvalue weighted by Crippen LogP contribution is 2.14. The molecule has 0 N–H and O–H groups in total. The molecule has 0 radical (unpaired) electrons. The van der Waals surface area contributed by atoms with Gasteiger partial charge in [0.1, 0.15) is 12.4 Å². The van der Waals surface area contributed by atoms with Gasteiger partial charge < -0.3 is 4.74 Å². The van der Waals surface area contributed by atoms with Gasteiger partial charge in [-0.15, -0.1) is 0 Å². The smallest absolute Gasteiger partial charge is 0.317 e. The quantitative estimate of drug-likeness (QED) is 0.606. The third kappa shape index (κ3) is 8.67. The molecule has 0 fully saturated rings. The molecule has 0 unspecified atom stereocenters. The van der Waals surface area contributed by atoms with E-state index in [4.69, 9.17) is 13.2 Å². The summed E-state index contributed by atoms with van der Waals surface area (Å²) in [6.45, 7) is 2.10. The van der Waals surface area contributed by atoms with Crippen LogP contribution in [-0.2, 0) is 14.9 Å². The lowest BCUT2D eigenvalue weighted by molar-refractivity contribution is 0.101. The Balaban J connectivity index is 0.000000422. The Morgan fingerprint density at radius 3 is 1.95 bits per heavy atom. The number of carbonyl (C=O) groups excluding carboxylic acids is 1. The number of hydrogen-bond acceptors (Lipinski definition) is 4.